The Kier molecular flexibility index (Phi) is 8.23. The molecule has 4 N–H and O–H groups in total. The molecule has 180 valence electrons. The van der Waals surface area contributed by atoms with Crippen molar-refractivity contribution in [1.82, 2.24) is 9.97 Å². The lowest BCUT2D eigenvalue weighted by Crippen LogP contribution is -2.33. The molecule has 0 spiro atoms. The van der Waals surface area contributed by atoms with Crippen LogP contribution in [-0.4, -0.2) is 31.4 Å². The van der Waals surface area contributed by atoms with Gasteiger partial charge in [-0.25, -0.2) is 14.8 Å². The van der Waals surface area contributed by atoms with Crippen molar-refractivity contribution in [2.75, 3.05) is 5.32 Å². The second kappa shape index (κ2) is 11.1. The van der Waals surface area contributed by atoms with Crippen LogP contribution in [0.4, 0.5) is 16.4 Å². The standard InChI is InChI=1S/C26H31N3O.CH2O3/c1-18-15-21(17-24(16-18)29-25-27-14-13-19(2)28-25)20-9-11-23(12-10-20)26(3,30)22-7-5-4-6-8-22;2-1(3)4/h9-17,22,30H,4-8H2,1-3H3,(H,27,28,29);(H2,2,3,4). The van der Waals surface area contributed by atoms with Gasteiger partial charge in [-0.2, -0.15) is 0 Å². The summed E-state index contributed by atoms with van der Waals surface area (Å²) in [6.07, 6.45) is 5.90. The van der Waals surface area contributed by atoms with Crippen molar-refractivity contribution in [2.45, 2.75) is 58.5 Å². The van der Waals surface area contributed by atoms with Crippen LogP contribution in [0.2, 0.25) is 0 Å². The van der Waals surface area contributed by atoms with Crippen LogP contribution in [0.15, 0.2) is 54.7 Å². The van der Waals surface area contributed by atoms with E-state index in [4.69, 9.17) is 15.0 Å². The molecular weight excluding hydrogens is 430 g/mol. The summed E-state index contributed by atoms with van der Waals surface area (Å²) in [4.78, 5) is 17.3. The fraction of sp³-hybridized carbons (Fsp3) is 0.370. The Labute approximate surface area is 200 Å². The highest BCUT2D eigenvalue weighted by molar-refractivity contribution is 5.71. The van der Waals surface area contributed by atoms with Crippen LogP contribution >= 0.6 is 0 Å². The van der Waals surface area contributed by atoms with Crippen molar-refractivity contribution in [1.29, 1.82) is 0 Å². The molecule has 3 aromatic rings. The van der Waals surface area contributed by atoms with Crippen molar-refractivity contribution in [3.63, 3.8) is 0 Å². The summed E-state index contributed by atoms with van der Waals surface area (Å²) >= 11 is 0. The summed E-state index contributed by atoms with van der Waals surface area (Å²) in [5, 5.41) is 28.5. The number of carboxylic acid groups (broad SMARTS) is 2. The zero-order valence-electron chi connectivity index (χ0n) is 20.0. The van der Waals surface area contributed by atoms with Gasteiger partial charge in [0.05, 0.1) is 5.60 Å². The Hall–Kier alpha value is -3.45. The molecular formula is C27H33N3O4. The number of nitrogens with zero attached hydrogens (tertiary/aromatic N) is 2. The third kappa shape index (κ3) is 6.78. The van der Waals surface area contributed by atoms with Gasteiger partial charge in [-0.05, 0) is 80.0 Å². The maximum absolute atomic E-state index is 11.2. The van der Waals surface area contributed by atoms with Crippen LogP contribution in [0, 0.1) is 19.8 Å². The van der Waals surface area contributed by atoms with Gasteiger partial charge in [0.25, 0.3) is 0 Å². The van der Waals surface area contributed by atoms with Crippen molar-refractivity contribution in [2.24, 2.45) is 5.92 Å². The van der Waals surface area contributed by atoms with Gasteiger partial charge in [-0.3, -0.25) is 0 Å². The SMILES string of the molecule is Cc1cc(Nc2nccc(C)n2)cc(-c2ccc(C(C)(O)C3CCCCC3)cc2)c1.O=C(O)O. The first-order valence-electron chi connectivity index (χ1n) is 11.6. The predicted molar refractivity (Wildman–Crippen MR) is 133 cm³/mol. The van der Waals surface area contributed by atoms with E-state index >= 15 is 0 Å². The Morgan fingerprint density at radius 1 is 0.971 bits per heavy atom. The van der Waals surface area contributed by atoms with Crippen molar-refractivity contribution in [3.8, 4) is 11.1 Å². The van der Waals surface area contributed by atoms with E-state index in [9.17, 15) is 5.11 Å². The van der Waals surface area contributed by atoms with Gasteiger partial charge in [0, 0.05) is 17.6 Å². The molecule has 4 rings (SSSR count). The maximum atomic E-state index is 11.2. The third-order valence-corrected chi connectivity index (χ3v) is 6.33. The molecule has 1 atom stereocenters. The number of aromatic nitrogens is 2. The molecule has 34 heavy (non-hydrogen) atoms. The van der Waals surface area contributed by atoms with Crippen LogP contribution in [0.5, 0.6) is 0 Å². The zero-order chi connectivity index (χ0) is 24.7. The molecule has 1 unspecified atom stereocenters. The molecule has 1 fully saturated rings. The van der Waals surface area contributed by atoms with E-state index in [1.54, 1.807) is 6.20 Å². The fourth-order valence-electron chi connectivity index (χ4n) is 4.56. The number of rotatable bonds is 5. The Morgan fingerprint density at radius 2 is 1.62 bits per heavy atom. The van der Waals surface area contributed by atoms with E-state index in [0.717, 1.165) is 40.9 Å². The highest BCUT2D eigenvalue weighted by Crippen LogP contribution is 2.39. The molecule has 1 aliphatic carbocycles. The number of carbonyl (C=O) groups is 1. The molecule has 0 amide bonds. The monoisotopic (exact) mass is 463 g/mol. The highest BCUT2D eigenvalue weighted by atomic mass is 16.6. The number of aryl methyl sites for hydroxylation is 2. The average Bonchev–Trinajstić information content (AvgIpc) is 2.79. The molecule has 7 heteroatoms. The summed E-state index contributed by atoms with van der Waals surface area (Å²) in [5.41, 5.74) is 5.58. The topological polar surface area (TPSA) is 116 Å². The summed E-state index contributed by atoms with van der Waals surface area (Å²) in [6, 6.07) is 16.7. The largest absolute Gasteiger partial charge is 0.503 e. The lowest BCUT2D eigenvalue weighted by molar-refractivity contribution is -0.0215. The minimum atomic E-state index is -1.83. The van der Waals surface area contributed by atoms with E-state index in [1.807, 2.05) is 19.9 Å². The van der Waals surface area contributed by atoms with Crippen molar-refractivity contribution in [3.05, 3.63) is 71.5 Å². The summed E-state index contributed by atoms with van der Waals surface area (Å²) in [7, 11) is 0. The van der Waals surface area contributed by atoms with E-state index in [2.05, 4.69) is 64.7 Å². The summed E-state index contributed by atoms with van der Waals surface area (Å²) < 4.78 is 0. The lowest BCUT2D eigenvalue weighted by Gasteiger charge is -2.36. The van der Waals surface area contributed by atoms with Gasteiger partial charge in [0.2, 0.25) is 5.95 Å². The van der Waals surface area contributed by atoms with E-state index in [-0.39, 0.29) is 0 Å². The molecule has 0 bridgehead atoms. The number of nitrogens with one attached hydrogen (secondary N) is 1. The number of aliphatic hydroxyl groups is 1. The molecule has 0 radical (unpaired) electrons. The van der Waals surface area contributed by atoms with Gasteiger partial charge < -0.3 is 20.6 Å². The van der Waals surface area contributed by atoms with Gasteiger partial charge in [-0.1, -0.05) is 49.6 Å². The van der Waals surface area contributed by atoms with Crippen molar-refractivity contribution < 1.29 is 20.1 Å². The van der Waals surface area contributed by atoms with Crippen LogP contribution < -0.4 is 5.32 Å². The maximum Gasteiger partial charge on any atom is 0.503 e. The first-order valence-corrected chi connectivity index (χ1v) is 11.6. The molecule has 1 aromatic heterocycles. The van der Waals surface area contributed by atoms with Gasteiger partial charge in [0.1, 0.15) is 0 Å². The number of benzene rings is 2. The Bertz CT molecular complexity index is 1100. The second-order valence-corrected chi connectivity index (χ2v) is 9.08. The van der Waals surface area contributed by atoms with E-state index < -0.39 is 11.8 Å². The third-order valence-electron chi connectivity index (χ3n) is 6.33. The molecule has 0 saturated heterocycles. The van der Waals surface area contributed by atoms with Crippen molar-refractivity contribution >= 4 is 17.8 Å². The van der Waals surface area contributed by atoms with Gasteiger partial charge in [0.15, 0.2) is 0 Å². The predicted octanol–water partition coefficient (Wildman–Crippen LogP) is 6.51. The first-order chi connectivity index (χ1) is 16.1. The molecule has 1 saturated carbocycles. The molecule has 2 aromatic carbocycles. The Morgan fingerprint density at radius 3 is 2.24 bits per heavy atom. The lowest BCUT2D eigenvalue weighted by atomic mass is 9.74. The smallest absolute Gasteiger partial charge is 0.450 e. The minimum Gasteiger partial charge on any atom is -0.450 e. The average molecular weight is 464 g/mol. The van der Waals surface area contributed by atoms with Gasteiger partial charge >= 0.3 is 6.16 Å². The number of hydrogen-bond acceptors (Lipinski definition) is 5. The normalized spacial score (nSPS) is 15.5. The quantitative estimate of drug-likeness (QED) is 0.341. The number of anilines is 2. The highest BCUT2D eigenvalue weighted by Gasteiger charge is 2.34. The van der Waals surface area contributed by atoms with E-state index in [0.29, 0.717) is 11.9 Å². The fourth-order valence-corrected chi connectivity index (χ4v) is 4.56. The second-order valence-electron chi connectivity index (χ2n) is 9.08. The molecule has 1 heterocycles. The first kappa shape index (κ1) is 25.2. The van der Waals surface area contributed by atoms with Gasteiger partial charge in [-0.15, -0.1) is 0 Å². The minimum absolute atomic E-state index is 0.348. The van der Waals surface area contributed by atoms with Crippen LogP contribution in [0.25, 0.3) is 11.1 Å². The van der Waals surface area contributed by atoms with E-state index in [1.165, 1.54) is 24.8 Å². The Balaban J connectivity index is 0.000000751. The molecule has 0 aliphatic heterocycles. The summed E-state index contributed by atoms with van der Waals surface area (Å²) in [5.74, 6) is 0.951. The number of hydrogen-bond donors (Lipinski definition) is 4. The van der Waals surface area contributed by atoms with Crippen LogP contribution in [0.3, 0.4) is 0 Å². The zero-order valence-corrected chi connectivity index (χ0v) is 20.0. The summed E-state index contributed by atoms with van der Waals surface area (Å²) in [6.45, 7) is 6.03. The van der Waals surface area contributed by atoms with Crippen LogP contribution in [0.1, 0.15) is 55.8 Å². The van der Waals surface area contributed by atoms with Crippen LogP contribution in [-0.2, 0) is 5.60 Å². The molecule has 7 nitrogen and oxygen atoms in total. The molecule has 1 aliphatic rings.